The number of anilines is 1. The molecule has 0 amide bonds. The highest BCUT2D eigenvalue weighted by atomic mass is 32.1. The maximum absolute atomic E-state index is 15.8. The Morgan fingerprint density at radius 3 is 2.44 bits per heavy atom. The number of benzene rings is 1. The van der Waals surface area contributed by atoms with E-state index < -0.39 is 40.6 Å². The van der Waals surface area contributed by atoms with Crippen molar-refractivity contribution in [1.82, 2.24) is 9.88 Å². The number of piperazine rings is 1. The lowest BCUT2D eigenvalue weighted by molar-refractivity contribution is -0.146. The lowest BCUT2D eigenvalue weighted by Gasteiger charge is -2.31. The molecule has 1 aliphatic rings. The van der Waals surface area contributed by atoms with Crippen molar-refractivity contribution in [3.8, 4) is 0 Å². The fraction of sp³-hybridized carbons (Fsp3) is 0.476. The summed E-state index contributed by atoms with van der Waals surface area (Å²) < 4.78 is 42.0. The number of pyridine rings is 1. The van der Waals surface area contributed by atoms with Crippen LogP contribution >= 0.6 is 12.6 Å². The molecule has 1 N–H and O–H groups in total. The number of nitrogens with one attached hydrogen (secondary N) is 1. The van der Waals surface area contributed by atoms with Crippen LogP contribution in [0.3, 0.4) is 0 Å². The Kier molecular flexibility index (Phi) is 7.73. The van der Waals surface area contributed by atoms with Gasteiger partial charge >= 0.3 is 11.9 Å². The van der Waals surface area contributed by atoms with Crippen molar-refractivity contribution in [3.63, 3.8) is 0 Å². The van der Waals surface area contributed by atoms with Crippen LogP contribution in [0.4, 0.5) is 14.5 Å². The van der Waals surface area contributed by atoms with Crippen LogP contribution < -0.4 is 15.6 Å². The van der Waals surface area contributed by atoms with Gasteiger partial charge in [-0.1, -0.05) is 0 Å². The summed E-state index contributed by atoms with van der Waals surface area (Å²) in [5, 5.41) is 2.73. The second kappa shape index (κ2) is 10.3. The normalized spacial score (nSPS) is 15.0. The van der Waals surface area contributed by atoms with Crippen LogP contribution in [0.5, 0.6) is 0 Å². The van der Waals surface area contributed by atoms with E-state index in [2.05, 4.69) is 17.9 Å². The molecule has 2 aromatic rings. The largest absolute Gasteiger partial charge is 0.464 e. The lowest BCUT2D eigenvalue weighted by Crippen LogP contribution is -2.44. The van der Waals surface area contributed by atoms with Crippen LogP contribution in [0.15, 0.2) is 17.1 Å². The highest BCUT2D eigenvalue weighted by Gasteiger charge is 2.30. The van der Waals surface area contributed by atoms with Gasteiger partial charge in [-0.2, -0.15) is 12.6 Å². The van der Waals surface area contributed by atoms with Gasteiger partial charge in [0, 0.05) is 38.1 Å². The van der Waals surface area contributed by atoms with Crippen LogP contribution in [0.25, 0.3) is 10.9 Å². The molecule has 3 rings (SSSR count). The molecule has 174 valence electrons. The molecule has 1 saturated heterocycles. The Balaban J connectivity index is 2.36. The molecule has 0 spiro atoms. The summed E-state index contributed by atoms with van der Waals surface area (Å²) in [5.74, 6) is -3.72. The monoisotopic (exact) mass is 469 g/mol. The van der Waals surface area contributed by atoms with Crippen molar-refractivity contribution in [2.24, 2.45) is 0 Å². The average molecular weight is 470 g/mol. The number of thiol groups is 1. The van der Waals surface area contributed by atoms with Gasteiger partial charge < -0.3 is 24.3 Å². The minimum atomic E-state index is -1.16. The van der Waals surface area contributed by atoms with Crippen LogP contribution in [-0.2, 0) is 14.3 Å². The van der Waals surface area contributed by atoms with Crippen molar-refractivity contribution < 1.29 is 27.8 Å². The summed E-state index contributed by atoms with van der Waals surface area (Å²) in [4.78, 5) is 39.5. The van der Waals surface area contributed by atoms with E-state index in [0.717, 1.165) is 16.8 Å². The standard InChI is InChI=1S/C21H25F2N3O5S/c1-3-30-20(28)13-10-26(15(11-32)21(29)31-4-2)17-12(19(13)27)9-14(22)18(16(17)23)25-7-5-24-6-8-25/h9-10,15,24,32H,3-8,11H2,1-2H3. The molecule has 1 unspecified atom stereocenters. The van der Waals surface area contributed by atoms with E-state index in [1.165, 1.54) is 4.90 Å². The van der Waals surface area contributed by atoms with Gasteiger partial charge in [0.2, 0.25) is 5.43 Å². The maximum atomic E-state index is 15.8. The first-order valence-corrected chi connectivity index (χ1v) is 11.0. The third-order valence-corrected chi connectivity index (χ3v) is 5.53. The molecular weight excluding hydrogens is 444 g/mol. The molecule has 8 nitrogen and oxygen atoms in total. The SMILES string of the molecule is CCOC(=O)c1cn(C(CS)C(=O)OCC)c2c(F)c(N3CCNCC3)c(F)cc2c1=O. The van der Waals surface area contributed by atoms with Gasteiger partial charge in [0.05, 0.1) is 24.1 Å². The minimum Gasteiger partial charge on any atom is -0.464 e. The van der Waals surface area contributed by atoms with E-state index in [4.69, 9.17) is 9.47 Å². The summed E-state index contributed by atoms with van der Waals surface area (Å²) in [6.07, 6.45) is 1.06. The number of carbonyl (C=O) groups is 2. The summed E-state index contributed by atoms with van der Waals surface area (Å²) >= 11 is 4.19. The number of carbonyl (C=O) groups excluding carboxylic acids is 2. The topological polar surface area (TPSA) is 89.9 Å². The molecule has 0 bridgehead atoms. The molecule has 32 heavy (non-hydrogen) atoms. The highest BCUT2D eigenvalue weighted by molar-refractivity contribution is 7.80. The second-order valence-corrected chi connectivity index (χ2v) is 7.47. The molecule has 1 atom stereocenters. The quantitative estimate of drug-likeness (QED) is 0.473. The molecule has 1 aromatic heterocycles. The zero-order valence-corrected chi connectivity index (χ0v) is 18.7. The van der Waals surface area contributed by atoms with E-state index in [1.807, 2.05) is 0 Å². The first kappa shape index (κ1) is 24.0. The molecule has 1 aromatic carbocycles. The van der Waals surface area contributed by atoms with Crippen LogP contribution in [0.2, 0.25) is 0 Å². The van der Waals surface area contributed by atoms with Gasteiger partial charge in [-0.15, -0.1) is 0 Å². The van der Waals surface area contributed by atoms with Crippen LogP contribution in [0, 0.1) is 11.6 Å². The van der Waals surface area contributed by atoms with Gasteiger partial charge in [0.15, 0.2) is 5.82 Å². The Hall–Kier alpha value is -2.66. The van der Waals surface area contributed by atoms with E-state index in [1.54, 1.807) is 13.8 Å². The smallest absolute Gasteiger partial charge is 0.343 e. The third kappa shape index (κ3) is 4.44. The van der Waals surface area contributed by atoms with Crippen molar-refractivity contribution in [2.45, 2.75) is 19.9 Å². The zero-order valence-electron chi connectivity index (χ0n) is 17.8. The van der Waals surface area contributed by atoms with Gasteiger partial charge in [-0.05, 0) is 19.9 Å². The lowest BCUT2D eigenvalue weighted by atomic mass is 10.1. The molecule has 11 heteroatoms. The maximum Gasteiger partial charge on any atom is 0.343 e. The van der Waals surface area contributed by atoms with Crippen molar-refractivity contribution in [2.75, 3.05) is 50.0 Å². The Morgan fingerprint density at radius 2 is 1.84 bits per heavy atom. The predicted molar refractivity (Wildman–Crippen MR) is 119 cm³/mol. The van der Waals surface area contributed by atoms with Crippen LogP contribution in [-0.4, -0.2) is 61.7 Å². The Labute approximate surface area is 188 Å². The highest BCUT2D eigenvalue weighted by Crippen LogP contribution is 2.32. The predicted octanol–water partition coefficient (Wildman–Crippen LogP) is 1.90. The summed E-state index contributed by atoms with van der Waals surface area (Å²) in [7, 11) is 0. The summed E-state index contributed by atoms with van der Waals surface area (Å²) in [5.41, 5.74) is -1.92. The van der Waals surface area contributed by atoms with Crippen molar-refractivity contribution in [3.05, 3.63) is 39.7 Å². The Morgan fingerprint density at radius 1 is 1.19 bits per heavy atom. The number of ether oxygens (including phenoxy) is 2. The van der Waals surface area contributed by atoms with Crippen molar-refractivity contribution >= 4 is 41.2 Å². The molecule has 0 radical (unpaired) electrons. The zero-order chi connectivity index (χ0) is 23.4. The van der Waals surface area contributed by atoms with Gasteiger partial charge in [0.25, 0.3) is 0 Å². The number of fused-ring (bicyclic) bond motifs is 1. The third-order valence-electron chi connectivity index (χ3n) is 5.18. The fourth-order valence-electron chi connectivity index (χ4n) is 3.72. The first-order chi connectivity index (χ1) is 15.3. The molecular formula is C21H25F2N3O5S. The molecule has 0 aliphatic carbocycles. The number of hydrogen-bond donors (Lipinski definition) is 2. The van der Waals surface area contributed by atoms with E-state index in [0.29, 0.717) is 26.2 Å². The number of esters is 2. The van der Waals surface area contributed by atoms with Crippen LogP contribution in [0.1, 0.15) is 30.2 Å². The number of rotatable bonds is 7. The molecule has 0 saturated carbocycles. The van der Waals surface area contributed by atoms with E-state index >= 15 is 8.78 Å². The first-order valence-electron chi connectivity index (χ1n) is 10.3. The number of halogens is 2. The minimum absolute atomic E-state index is 0.00512. The van der Waals surface area contributed by atoms with E-state index in [-0.39, 0.29) is 35.6 Å². The van der Waals surface area contributed by atoms with Crippen molar-refractivity contribution in [1.29, 1.82) is 0 Å². The van der Waals surface area contributed by atoms with Gasteiger partial charge in [0.1, 0.15) is 23.1 Å². The van der Waals surface area contributed by atoms with E-state index in [9.17, 15) is 14.4 Å². The molecule has 1 fully saturated rings. The number of nitrogens with zero attached hydrogens (tertiary/aromatic N) is 2. The number of aromatic nitrogens is 1. The van der Waals surface area contributed by atoms with Gasteiger partial charge in [-0.3, -0.25) is 4.79 Å². The summed E-state index contributed by atoms with van der Waals surface area (Å²) in [6, 6.07) is -0.261. The Bertz CT molecular complexity index is 1090. The molecule has 2 heterocycles. The number of hydrogen-bond acceptors (Lipinski definition) is 8. The fourth-order valence-corrected chi connectivity index (χ4v) is 4.05. The summed E-state index contributed by atoms with van der Waals surface area (Å²) in [6.45, 7) is 5.02. The molecule has 1 aliphatic heterocycles. The van der Waals surface area contributed by atoms with Gasteiger partial charge in [-0.25, -0.2) is 18.4 Å². The average Bonchev–Trinajstić information content (AvgIpc) is 2.77. The second-order valence-electron chi connectivity index (χ2n) is 7.10.